The predicted molar refractivity (Wildman–Crippen MR) is 97.3 cm³/mol. The van der Waals surface area contributed by atoms with Gasteiger partial charge in [-0.05, 0) is 37.6 Å². The zero-order valence-corrected chi connectivity index (χ0v) is 15.1. The second-order valence-electron chi connectivity index (χ2n) is 5.34. The molecule has 0 bridgehead atoms. The van der Waals surface area contributed by atoms with E-state index in [4.69, 9.17) is 16.3 Å². The van der Waals surface area contributed by atoms with Crippen LogP contribution >= 0.6 is 22.9 Å². The first-order chi connectivity index (χ1) is 11.5. The van der Waals surface area contributed by atoms with Gasteiger partial charge >= 0.3 is 5.97 Å². The van der Waals surface area contributed by atoms with Gasteiger partial charge in [0, 0.05) is 15.6 Å². The summed E-state index contributed by atoms with van der Waals surface area (Å²) in [6.45, 7) is 4.09. The lowest BCUT2D eigenvalue weighted by atomic mass is 10.2. The van der Waals surface area contributed by atoms with Crippen LogP contribution < -0.4 is 5.32 Å². The maximum Gasteiger partial charge on any atom is 0.313 e. The molecule has 0 aliphatic rings. The van der Waals surface area contributed by atoms with Crippen LogP contribution in [0.5, 0.6) is 0 Å². The molecule has 1 aromatic carbocycles. The standard InChI is InChI=1S/C17H16ClN3O2S/c1-9-10(2)24-17-15(9)16(19-12-6-4-5-11(18)7-12)20-13(21-17)8-14(22)23-3/h4-7H,8H2,1-3H3,(H,19,20,21). The number of aromatic nitrogens is 2. The molecule has 3 rings (SSSR count). The lowest BCUT2D eigenvalue weighted by molar-refractivity contribution is -0.139. The lowest BCUT2D eigenvalue weighted by Crippen LogP contribution is -2.09. The molecule has 3 aromatic rings. The number of aryl methyl sites for hydroxylation is 2. The summed E-state index contributed by atoms with van der Waals surface area (Å²) in [5, 5.41) is 4.89. The number of nitrogens with one attached hydrogen (secondary N) is 1. The van der Waals surface area contributed by atoms with E-state index in [1.165, 1.54) is 12.0 Å². The summed E-state index contributed by atoms with van der Waals surface area (Å²) in [7, 11) is 1.35. The van der Waals surface area contributed by atoms with Crippen molar-refractivity contribution in [1.29, 1.82) is 0 Å². The molecule has 24 heavy (non-hydrogen) atoms. The number of hydrogen-bond donors (Lipinski definition) is 1. The smallest absolute Gasteiger partial charge is 0.313 e. The fraction of sp³-hybridized carbons (Fsp3) is 0.235. The molecule has 0 spiro atoms. The van der Waals surface area contributed by atoms with Crippen LogP contribution in [0.1, 0.15) is 16.3 Å². The van der Waals surface area contributed by atoms with Crippen LogP contribution in [0.25, 0.3) is 10.2 Å². The summed E-state index contributed by atoms with van der Waals surface area (Å²) in [5.74, 6) is 0.733. The van der Waals surface area contributed by atoms with E-state index in [1.807, 2.05) is 38.1 Å². The molecular weight excluding hydrogens is 346 g/mol. The Bertz CT molecular complexity index is 924. The highest BCUT2D eigenvalue weighted by atomic mass is 35.5. The Balaban J connectivity index is 2.10. The van der Waals surface area contributed by atoms with Crippen molar-refractivity contribution in [3.63, 3.8) is 0 Å². The topological polar surface area (TPSA) is 64.1 Å². The van der Waals surface area contributed by atoms with Crippen LogP contribution in [0.3, 0.4) is 0 Å². The first kappa shape index (κ1) is 16.7. The summed E-state index contributed by atoms with van der Waals surface area (Å²) >= 11 is 7.64. The molecule has 2 heterocycles. The zero-order chi connectivity index (χ0) is 17.3. The molecule has 124 valence electrons. The van der Waals surface area contributed by atoms with Crippen LogP contribution in [-0.4, -0.2) is 23.0 Å². The molecule has 0 fully saturated rings. The number of thiophene rings is 1. The van der Waals surface area contributed by atoms with Gasteiger partial charge in [-0.1, -0.05) is 17.7 Å². The van der Waals surface area contributed by atoms with E-state index in [0.29, 0.717) is 16.7 Å². The number of methoxy groups -OCH3 is 1. The fourth-order valence-corrected chi connectivity index (χ4v) is 3.61. The summed E-state index contributed by atoms with van der Waals surface area (Å²) in [5.41, 5.74) is 1.96. The average molecular weight is 362 g/mol. The summed E-state index contributed by atoms with van der Waals surface area (Å²) in [4.78, 5) is 22.6. The molecular formula is C17H16ClN3O2S. The van der Waals surface area contributed by atoms with Gasteiger partial charge in [0.2, 0.25) is 0 Å². The quantitative estimate of drug-likeness (QED) is 0.697. The summed E-state index contributed by atoms with van der Waals surface area (Å²) in [6, 6.07) is 7.41. The Labute approximate surface area is 148 Å². The largest absolute Gasteiger partial charge is 0.469 e. The van der Waals surface area contributed by atoms with Crippen molar-refractivity contribution in [2.75, 3.05) is 12.4 Å². The van der Waals surface area contributed by atoms with Gasteiger partial charge in [0.15, 0.2) is 0 Å². The van der Waals surface area contributed by atoms with Crippen molar-refractivity contribution in [3.8, 4) is 0 Å². The fourth-order valence-electron chi connectivity index (χ4n) is 2.37. The van der Waals surface area contributed by atoms with Crippen LogP contribution in [0.4, 0.5) is 11.5 Å². The summed E-state index contributed by atoms with van der Waals surface area (Å²) in [6.07, 6.45) is 0.0344. The number of ether oxygens (including phenoxy) is 1. The van der Waals surface area contributed by atoms with Crippen molar-refractivity contribution >= 4 is 50.6 Å². The van der Waals surface area contributed by atoms with E-state index in [-0.39, 0.29) is 12.4 Å². The predicted octanol–water partition coefficient (Wildman–Crippen LogP) is 4.42. The number of benzene rings is 1. The monoisotopic (exact) mass is 361 g/mol. The Hall–Kier alpha value is -2.18. The minimum absolute atomic E-state index is 0.0344. The Morgan fingerprint density at radius 3 is 2.83 bits per heavy atom. The molecule has 7 heteroatoms. The van der Waals surface area contributed by atoms with E-state index in [9.17, 15) is 4.79 Å². The minimum atomic E-state index is -0.368. The molecule has 0 aliphatic carbocycles. The molecule has 0 saturated carbocycles. The first-order valence-electron chi connectivity index (χ1n) is 7.34. The van der Waals surface area contributed by atoms with E-state index in [0.717, 1.165) is 21.5 Å². The molecule has 1 N–H and O–H groups in total. The number of carbonyl (C=O) groups excluding carboxylic acids is 1. The average Bonchev–Trinajstić information content (AvgIpc) is 2.82. The highest BCUT2D eigenvalue weighted by Crippen LogP contribution is 2.34. The highest BCUT2D eigenvalue weighted by Gasteiger charge is 2.16. The summed E-state index contributed by atoms with van der Waals surface area (Å²) < 4.78 is 4.72. The van der Waals surface area contributed by atoms with Crippen molar-refractivity contribution < 1.29 is 9.53 Å². The lowest BCUT2D eigenvalue weighted by Gasteiger charge is -2.10. The zero-order valence-electron chi connectivity index (χ0n) is 13.5. The van der Waals surface area contributed by atoms with Gasteiger partial charge in [-0.15, -0.1) is 11.3 Å². The highest BCUT2D eigenvalue weighted by molar-refractivity contribution is 7.18. The number of halogens is 1. The van der Waals surface area contributed by atoms with Crippen molar-refractivity contribution in [2.24, 2.45) is 0 Å². The Morgan fingerprint density at radius 2 is 2.12 bits per heavy atom. The van der Waals surface area contributed by atoms with E-state index >= 15 is 0 Å². The number of hydrogen-bond acceptors (Lipinski definition) is 6. The number of anilines is 2. The second-order valence-corrected chi connectivity index (χ2v) is 6.98. The Kier molecular flexibility index (Phi) is 4.69. The van der Waals surface area contributed by atoms with Gasteiger partial charge in [0.25, 0.3) is 0 Å². The van der Waals surface area contributed by atoms with Crippen molar-refractivity contribution in [3.05, 3.63) is 45.6 Å². The van der Waals surface area contributed by atoms with Crippen LogP contribution in [0.2, 0.25) is 5.02 Å². The number of esters is 1. The van der Waals surface area contributed by atoms with Crippen LogP contribution in [0.15, 0.2) is 24.3 Å². The van der Waals surface area contributed by atoms with E-state index in [1.54, 1.807) is 11.3 Å². The first-order valence-corrected chi connectivity index (χ1v) is 8.53. The van der Waals surface area contributed by atoms with Crippen molar-refractivity contribution in [2.45, 2.75) is 20.3 Å². The normalized spacial score (nSPS) is 10.8. The molecule has 0 amide bonds. The van der Waals surface area contributed by atoms with Crippen LogP contribution in [0, 0.1) is 13.8 Å². The molecule has 2 aromatic heterocycles. The third-order valence-electron chi connectivity index (χ3n) is 3.69. The minimum Gasteiger partial charge on any atom is -0.469 e. The SMILES string of the molecule is COC(=O)Cc1nc(Nc2cccc(Cl)c2)c2c(C)c(C)sc2n1. The molecule has 0 saturated heterocycles. The maximum atomic E-state index is 11.6. The van der Waals surface area contributed by atoms with Gasteiger partial charge in [0.05, 0.1) is 12.5 Å². The number of rotatable bonds is 4. The van der Waals surface area contributed by atoms with Gasteiger partial charge in [-0.25, -0.2) is 9.97 Å². The van der Waals surface area contributed by atoms with E-state index in [2.05, 4.69) is 15.3 Å². The molecule has 0 radical (unpaired) electrons. The molecule has 0 aliphatic heterocycles. The number of carbonyl (C=O) groups is 1. The number of nitrogens with zero attached hydrogens (tertiary/aromatic N) is 2. The van der Waals surface area contributed by atoms with Gasteiger partial charge in [0.1, 0.15) is 22.9 Å². The van der Waals surface area contributed by atoms with Gasteiger partial charge in [-0.2, -0.15) is 0 Å². The molecule has 0 atom stereocenters. The molecule has 0 unspecified atom stereocenters. The van der Waals surface area contributed by atoms with E-state index < -0.39 is 0 Å². The van der Waals surface area contributed by atoms with Gasteiger partial charge < -0.3 is 10.1 Å². The number of fused-ring (bicyclic) bond motifs is 1. The van der Waals surface area contributed by atoms with Crippen molar-refractivity contribution in [1.82, 2.24) is 9.97 Å². The second kappa shape index (κ2) is 6.75. The molecule has 5 nitrogen and oxygen atoms in total. The Morgan fingerprint density at radius 1 is 1.33 bits per heavy atom. The third-order valence-corrected chi connectivity index (χ3v) is 5.03. The van der Waals surface area contributed by atoms with Gasteiger partial charge in [-0.3, -0.25) is 4.79 Å². The maximum absolute atomic E-state index is 11.6. The third kappa shape index (κ3) is 3.34. The van der Waals surface area contributed by atoms with Crippen LogP contribution in [-0.2, 0) is 16.0 Å².